The molecule has 0 atom stereocenters. The lowest BCUT2D eigenvalue weighted by Gasteiger charge is -2.16. The number of aromatic nitrogens is 2. The van der Waals surface area contributed by atoms with E-state index in [0.717, 1.165) is 23.5 Å². The molecule has 1 saturated carbocycles. The molecule has 1 aliphatic carbocycles. The summed E-state index contributed by atoms with van der Waals surface area (Å²) in [5.74, 6) is -0.291. The third kappa shape index (κ3) is 2.83. The van der Waals surface area contributed by atoms with E-state index in [1.165, 1.54) is 36.1 Å². The largest absolute Gasteiger partial charge is 0.418 e. The van der Waals surface area contributed by atoms with Crippen molar-refractivity contribution >= 4 is 11.6 Å². The number of nitrogens with zero attached hydrogens (tertiary/aromatic N) is 2. The molecule has 5 nitrogen and oxygen atoms in total. The molecule has 128 valence electrons. The van der Waals surface area contributed by atoms with E-state index >= 15 is 0 Å². The summed E-state index contributed by atoms with van der Waals surface area (Å²) in [6.07, 6.45) is -0.553. The van der Waals surface area contributed by atoms with Crippen LogP contribution < -0.4 is 11.0 Å². The lowest BCUT2D eigenvalue weighted by atomic mass is 10.1. The summed E-state index contributed by atoms with van der Waals surface area (Å²) in [4.78, 5) is 24.0. The van der Waals surface area contributed by atoms with Gasteiger partial charge in [-0.3, -0.25) is 9.36 Å². The van der Waals surface area contributed by atoms with Crippen LogP contribution in [0.1, 0.15) is 25.3 Å². The van der Waals surface area contributed by atoms with Gasteiger partial charge in [0, 0.05) is 30.5 Å². The molecular formula is C16H16F3N3O2. The summed E-state index contributed by atoms with van der Waals surface area (Å²) < 4.78 is 42.3. The molecule has 1 heterocycles. The molecule has 0 aliphatic heterocycles. The van der Waals surface area contributed by atoms with Crippen LogP contribution in [-0.2, 0) is 18.0 Å². The van der Waals surface area contributed by atoms with Crippen LogP contribution in [0.2, 0.25) is 0 Å². The lowest BCUT2D eigenvalue weighted by Crippen LogP contribution is -2.24. The molecule has 1 amide bonds. The topological polar surface area (TPSA) is 56.0 Å². The summed E-state index contributed by atoms with van der Waals surface area (Å²) in [6, 6.07) is 3.42. The van der Waals surface area contributed by atoms with Crippen LogP contribution in [0.3, 0.4) is 0 Å². The minimum absolute atomic E-state index is 0.0631. The van der Waals surface area contributed by atoms with Crippen molar-refractivity contribution in [3.63, 3.8) is 0 Å². The quantitative estimate of drug-likeness (QED) is 0.935. The Morgan fingerprint density at radius 3 is 2.42 bits per heavy atom. The Hall–Kier alpha value is -2.51. The molecule has 2 aromatic rings. The highest BCUT2D eigenvalue weighted by Crippen LogP contribution is 2.46. The first-order chi connectivity index (χ1) is 11.1. The van der Waals surface area contributed by atoms with Gasteiger partial charge in [-0.25, -0.2) is 4.79 Å². The summed E-state index contributed by atoms with van der Waals surface area (Å²) in [6.45, 7) is 1.77. The highest BCUT2D eigenvalue weighted by atomic mass is 19.4. The highest BCUT2D eigenvalue weighted by molar-refractivity contribution is 5.97. The number of imidazole rings is 1. The molecule has 1 N–H and O–H groups in total. The Bertz CT molecular complexity index is 860. The zero-order valence-electron chi connectivity index (χ0n) is 13.1. The average molecular weight is 339 g/mol. The number of carbonyl (C=O) groups is 1. The molecule has 1 fully saturated rings. The van der Waals surface area contributed by atoms with Crippen LogP contribution in [0.25, 0.3) is 5.69 Å². The van der Waals surface area contributed by atoms with Crippen LogP contribution in [0.15, 0.2) is 35.4 Å². The highest BCUT2D eigenvalue weighted by Gasteiger charge is 2.45. The minimum atomic E-state index is -4.66. The summed E-state index contributed by atoms with van der Waals surface area (Å²) >= 11 is 0. The molecule has 0 unspecified atom stereocenters. The normalized spacial score (nSPS) is 16.0. The van der Waals surface area contributed by atoms with Crippen LogP contribution in [0, 0.1) is 5.41 Å². The summed E-state index contributed by atoms with van der Waals surface area (Å²) in [5, 5.41) is 2.52. The number of anilines is 1. The monoisotopic (exact) mass is 339 g/mol. The van der Waals surface area contributed by atoms with Gasteiger partial charge in [0.25, 0.3) is 0 Å². The molecule has 8 heteroatoms. The van der Waals surface area contributed by atoms with Crippen LogP contribution >= 0.6 is 0 Å². The molecule has 0 spiro atoms. The first-order valence-electron chi connectivity index (χ1n) is 7.39. The smallest absolute Gasteiger partial charge is 0.326 e. The van der Waals surface area contributed by atoms with Crippen molar-refractivity contribution in [2.75, 3.05) is 5.32 Å². The fraction of sp³-hybridized carbons (Fsp3) is 0.375. The third-order valence-electron chi connectivity index (χ3n) is 4.31. The molecule has 0 radical (unpaired) electrons. The van der Waals surface area contributed by atoms with Crippen LogP contribution in [0.5, 0.6) is 0 Å². The average Bonchev–Trinajstić information content (AvgIpc) is 3.17. The zero-order chi connectivity index (χ0) is 17.7. The first-order valence-corrected chi connectivity index (χ1v) is 7.39. The maximum atomic E-state index is 13.4. The number of nitrogens with one attached hydrogen (secondary N) is 1. The second kappa shape index (κ2) is 5.25. The van der Waals surface area contributed by atoms with Gasteiger partial charge in [-0.2, -0.15) is 13.2 Å². The van der Waals surface area contributed by atoms with Crippen molar-refractivity contribution < 1.29 is 18.0 Å². The molecule has 1 aliphatic rings. The number of hydrogen-bond donors (Lipinski definition) is 1. The second-order valence-electron chi connectivity index (χ2n) is 6.31. The summed E-state index contributed by atoms with van der Waals surface area (Å²) in [7, 11) is 1.46. The Kier molecular flexibility index (Phi) is 3.58. The molecule has 3 rings (SSSR count). The van der Waals surface area contributed by atoms with Crippen molar-refractivity contribution in [2.45, 2.75) is 25.9 Å². The number of rotatable bonds is 3. The molecular weight excluding hydrogens is 323 g/mol. The third-order valence-corrected chi connectivity index (χ3v) is 4.31. The second-order valence-corrected chi connectivity index (χ2v) is 6.31. The number of amides is 1. The number of aryl methyl sites for hydroxylation is 1. The van der Waals surface area contributed by atoms with Crippen LogP contribution in [-0.4, -0.2) is 15.0 Å². The van der Waals surface area contributed by atoms with Gasteiger partial charge >= 0.3 is 11.9 Å². The standard InChI is InChI=1S/C16H16F3N3O2/c1-15(5-6-15)13(23)20-10-3-4-12(11(9-10)16(17,18)19)22-8-7-21(2)14(22)24/h3-4,7-9H,5-6H2,1-2H3,(H,20,23). The summed E-state index contributed by atoms with van der Waals surface area (Å²) in [5.41, 5.74) is -2.26. The van der Waals surface area contributed by atoms with Gasteiger partial charge in [-0.05, 0) is 31.0 Å². The Morgan fingerprint density at radius 2 is 1.92 bits per heavy atom. The van der Waals surface area contributed by atoms with Crippen molar-refractivity contribution in [1.29, 1.82) is 0 Å². The number of benzene rings is 1. The van der Waals surface area contributed by atoms with E-state index in [9.17, 15) is 22.8 Å². The van der Waals surface area contributed by atoms with Gasteiger partial charge < -0.3 is 9.88 Å². The van der Waals surface area contributed by atoms with Gasteiger partial charge in [0.2, 0.25) is 5.91 Å². The Labute approximate surface area is 135 Å². The Morgan fingerprint density at radius 1 is 1.25 bits per heavy atom. The number of hydrogen-bond acceptors (Lipinski definition) is 2. The fourth-order valence-corrected chi connectivity index (χ4v) is 2.39. The van der Waals surface area contributed by atoms with Crippen molar-refractivity contribution in [1.82, 2.24) is 9.13 Å². The first kappa shape index (κ1) is 16.4. The van der Waals surface area contributed by atoms with E-state index in [1.54, 1.807) is 6.92 Å². The molecule has 0 saturated heterocycles. The van der Waals surface area contributed by atoms with E-state index in [-0.39, 0.29) is 17.3 Å². The molecule has 0 bridgehead atoms. The zero-order valence-corrected chi connectivity index (χ0v) is 13.1. The van der Waals surface area contributed by atoms with E-state index in [0.29, 0.717) is 0 Å². The fourth-order valence-electron chi connectivity index (χ4n) is 2.39. The van der Waals surface area contributed by atoms with E-state index in [1.807, 2.05) is 0 Å². The molecule has 24 heavy (non-hydrogen) atoms. The molecule has 1 aromatic carbocycles. The van der Waals surface area contributed by atoms with Crippen molar-refractivity contribution in [3.8, 4) is 5.69 Å². The van der Waals surface area contributed by atoms with Gasteiger partial charge in [-0.15, -0.1) is 0 Å². The number of halogens is 3. The van der Waals surface area contributed by atoms with E-state index in [2.05, 4.69) is 5.32 Å². The van der Waals surface area contributed by atoms with Gasteiger partial charge in [0.1, 0.15) is 0 Å². The number of carbonyl (C=O) groups excluding carboxylic acids is 1. The SMILES string of the molecule is Cn1ccn(-c2ccc(NC(=O)C3(C)CC3)cc2C(F)(F)F)c1=O. The minimum Gasteiger partial charge on any atom is -0.326 e. The molecule has 1 aromatic heterocycles. The predicted molar refractivity (Wildman–Crippen MR) is 82.0 cm³/mol. The van der Waals surface area contributed by atoms with Gasteiger partial charge in [0.05, 0.1) is 11.3 Å². The van der Waals surface area contributed by atoms with Gasteiger partial charge in [-0.1, -0.05) is 6.92 Å². The lowest BCUT2D eigenvalue weighted by molar-refractivity contribution is -0.137. The number of alkyl halides is 3. The van der Waals surface area contributed by atoms with Crippen molar-refractivity contribution in [3.05, 3.63) is 46.6 Å². The van der Waals surface area contributed by atoms with E-state index < -0.39 is 22.8 Å². The maximum Gasteiger partial charge on any atom is 0.418 e. The maximum absolute atomic E-state index is 13.4. The van der Waals surface area contributed by atoms with Gasteiger partial charge in [0.15, 0.2) is 0 Å². The predicted octanol–water partition coefficient (Wildman–Crippen LogP) is 2.93. The Balaban J connectivity index is 2.03. The van der Waals surface area contributed by atoms with Crippen LogP contribution in [0.4, 0.5) is 18.9 Å². The van der Waals surface area contributed by atoms with E-state index in [4.69, 9.17) is 0 Å². The van der Waals surface area contributed by atoms with Crippen molar-refractivity contribution in [2.24, 2.45) is 12.5 Å².